The number of nitrogen functional groups attached to an aromatic ring is 1. The van der Waals surface area contributed by atoms with Crippen LogP contribution in [0.3, 0.4) is 0 Å². The fourth-order valence-electron chi connectivity index (χ4n) is 4.16. The summed E-state index contributed by atoms with van der Waals surface area (Å²) in [5.74, 6) is -0.113. The Hall–Kier alpha value is -4.58. The van der Waals surface area contributed by atoms with Crippen molar-refractivity contribution in [3.63, 3.8) is 0 Å². The van der Waals surface area contributed by atoms with Crippen molar-refractivity contribution in [3.05, 3.63) is 70.2 Å². The standard InChI is InChI=1S/C26H25FN8O2S/c1-4-34-23-16(13-29-25(28)32-23)10-17(24(34)36)15-7-8-18(27)19(11-15)30-26(37)31-22-12-20(21-6-5-9-38-21)33-35(22)14(2)3/h5-14H,4H2,1-3H3,(H2,28,29,32)(H2,30,31,37). The summed E-state index contributed by atoms with van der Waals surface area (Å²) in [6.07, 6.45) is 1.53. The van der Waals surface area contributed by atoms with E-state index in [-0.39, 0.29) is 23.2 Å². The number of hydrogen-bond acceptors (Lipinski definition) is 7. The van der Waals surface area contributed by atoms with Crippen molar-refractivity contribution in [2.24, 2.45) is 0 Å². The highest BCUT2D eigenvalue weighted by Crippen LogP contribution is 2.29. The molecule has 194 valence electrons. The maximum atomic E-state index is 14.7. The number of hydrogen-bond donors (Lipinski definition) is 3. The van der Waals surface area contributed by atoms with E-state index in [0.29, 0.717) is 34.5 Å². The number of thiophene rings is 1. The Labute approximate surface area is 221 Å². The maximum absolute atomic E-state index is 14.7. The second kappa shape index (κ2) is 10.1. The Morgan fingerprint density at radius 3 is 2.71 bits per heavy atom. The van der Waals surface area contributed by atoms with E-state index in [0.717, 1.165) is 10.6 Å². The quantitative estimate of drug-likeness (QED) is 0.270. The van der Waals surface area contributed by atoms with Gasteiger partial charge in [0.2, 0.25) is 5.95 Å². The zero-order valence-corrected chi connectivity index (χ0v) is 21.7. The van der Waals surface area contributed by atoms with Gasteiger partial charge >= 0.3 is 6.03 Å². The zero-order chi connectivity index (χ0) is 27.0. The molecule has 4 aromatic heterocycles. The van der Waals surface area contributed by atoms with Crippen LogP contribution in [0, 0.1) is 5.82 Å². The summed E-state index contributed by atoms with van der Waals surface area (Å²) in [4.78, 5) is 35.3. The Bertz CT molecular complexity index is 1710. The van der Waals surface area contributed by atoms with E-state index in [9.17, 15) is 14.0 Å². The molecule has 0 aliphatic heterocycles. The minimum Gasteiger partial charge on any atom is -0.368 e. The van der Waals surface area contributed by atoms with Gasteiger partial charge in [-0.25, -0.2) is 18.9 Å². The molecule has 0 atom stereocenters. The molecule has 0 fully saturated rings. The molecule has 0 aliphatic rings. The average Bonchev–Trinajstić information content (AvgIpc) is 3.56. The first kappa shape index (κ1) is 25.1. The molecular weight excluding hydrogens is 507 g/mol. The Morgan fingerprint density at radius 1 is 1.18 bits per heavy atom. The summed E-state index contributed by atoms with van der Waals surface area (Å²) in [5.41, 5.74) is 7.20. The van der Waals surface area contributed by atoms with Gasteiger partial charge in [-0.3, -0.25) is 14.7 Å². The molecule has 0 radical (unpaired) electrons. The Morgan fingerprint density at radius 2 is 2.00 bits per heavy atom. The minimum absolute atomic E-state index is 0.0213. The molecule has 12 heteroatoms. The van der Waals surface area contributed by atoms with Gasteiger partial charge < -0.3 is 11.1 Å². The second-order valence-electron chi connectivity index (χ2n) is 8.82. The normalized spacial score (nSPS) is 11.3. The minimum atomic E-state index is -0.645. The van der Waals surface area contributed by atoms with E-state index in [4.69, 9.17) is 5.73 Å². The molecule has 4 heterocycles. The fraction of sp³-hybridized carbons (Fsp3) is 0.192. The number of carbonyl (C=O) groups excluding carboxylic acids is 1. The highest BCUT2D eigenvalue weighted by atomic mass is 32.1. The molecule has 0 saturated carbocycles. The fourth-order valence-corrected chi connectivity index (χ4v) is 4.84. The number of pyridine rings is 1. The smallest absolute Gasteiger partial charge is 0.324 e. The predicted octanol–water partition coefficient (Wildman–Crippen LogP) is 5.35. The van der Waals surface area contributed by atoms with E-state index in [1.54, 1.807) is 28.2 Å². The molecule has 5 aromatic rings. The highest BCUT2D eigenvalue weighted by Gasteiger charge is 2.18. The molecule has 0 saturated heterocycles. The highest BCUT2D eigenvalue weighted by molar-refractivity contribution is 7.13. The van der Waals surface area contributed by atoms with Crippen molar-refractivity contribution in [2.75, 3.05) is 16.4 Å². The van der Waals surface area contributed by atoms with Gasteiger partial charge in [-0.15, -0.1) is 11.3 Å². The first-order chi connectivity index (χ1) is 18.2. The van der Waals surface area contributed by atoms with E-state index >= 15 is 0 Å². The van der Waals surface area contributed by atoms with Crippen LogP contribution in [0.4, 0.5) is 26.6 Å². The van der Waals surface area contributed by atoms with Crippen LogP contribution in [0.2, 0.25) is 0 Å². The molecule has 0 unspecified atom stereocenters. The monoisotopic (exact) mass is 532 g/mol. The number of fused-ring (bicyclic) bond motifs is 1. The molecule has 0 bridgehead atoms. The summed E-state index contributed by atoms with van der Waals surface area (Å²) in [6, 6.07) is 10.7. The summed E-state index contributed by atoms with van der Waals surface area (Å²) < 4.78 is 17.9. The number of halogens is 1. The van der Waals surface area contributed by atoms with E-state index < -0.39 is 11.8 Å². The average molecular weight is 533 g/mol. The van der Waals surface area contributed by atoms with Crippen LogP contribution in [0.15, 0.2) is 58.8 Å². The van der Waals surface area contributed by atoms with Gasteiger partial charge in [0.05, 0.1) is 10.6 Å². The van der Waals surface area contributed by atoms with Crippen molar-refractivity contribution in [1.29, 1.82) is 0 Å². The van der Waals surface area contributed by atoms with Crippen LogP contribution in [0.5, 0.6) is 0 Å². The van der Waals surface area contributed by atoms with Crippen LogP contribution < -0.4 is 21.9 Å². The van der Waals surface area contributed by atoms with Gasteiger partial charge in [-0.1, -0.05) is 12.1 Å². The lowest BCUT2D eigenvalue weighted by Crippen LogP contribution is -2.23. The van der Waals surface area contributed by atoms with Crippen LogP contribution in [0.1, 0.15) is 26.8 Å². The zero-order valence-electron chi connectivity index (χ0n) is 20.9. The van der Waals surface area contributed by atoms with Gasteiger partial charge in [-0.2, -0.15) is 10.1 Å². The number of rotatable bonds is 6. The number of benzene rings is 1. The number of urea groups is 1. The summed E-state index contributed by atoms with van der Waals surface area (Å²) in [5, 5.41) is 12.5. The molecule has 2 amide bonds. The van der Waals surface area contributed by atoms with Crippen molar-refractivity contribution < 1.29 is 9.18 Å². The summed E-state index contributed by atoms with van der Waals surface area (Å²) in [6.45, 7) is 6.06. The molecule has 38 heavy (non-hydrogen) atoms. The first-order valence-corrected chi connectivity index (χ1v) is 12.8. The van der Waals surface area contributed by atoms with Crippen LogP contribution in [-0.4, -0.2) is 30.3 Å². The van der Waals surface area contributed by atoms with Gasteiger partial charge in [0.1, 0.15) is 23.0 Å². The van der Waals surface area contributed by atoms with Crippen molar-refractivity contribution >= 4 is 45.9 Å². The SMILES string of the molecule is CCn1c(=O)c(-c2ccc(F)c(NC(=O)Nc3cc(-c4cccs4)nn3C(C)C)c2)cc2cnc(N)nc21. The Balaban J connectivity index is 1.46. The van der Waals surface area contributed by atoms with Crippen molar-refractivity contribution in [3.8, 4) is 21.7 Å². The van der Waals surface area contributed by atoms with Crippen LogP contribution >= 0.6 is 11.3 Å². The molecule has 0 spiro atoms. The van der Waals surface area contributed by atoms with Crippen LogP contribution in [0.25, 0.3) is 32.7 Å². The van der Waals surface area contributed by atoms with E-state index in [1.807, 2.05) is 38.3 Å². The van der Waals surface area contributed by atoms with Gasteiger partial charge in [-0.05, 0) is 56.0 Å². The maximum Gasteiger partial charge on any atom is 0.324 e. The number of nitrogens with one attached hydrogen (secondary N) is 2. The number of anilines is 3. The molecule has 4 N–H and O–H groups in total. The van der Waals surface area contributed by atoms with Crippen LogP contribution in [-0.2, 0) is 6.54 Å². The first-order valence-electron chi connectivity index (χ1n) is 11.9. The molecule has 1 aromatic carbocycles. The third-order valence-corrected chi connectivity index (χ3v) is 6.82. The lowest BCUT2D eigenvalue weighted by atomic mass is 10.0. The molecule has 5 rings (SSSR count). The topological polar surface area (TPSA) is 133 Å². The van der Waals surface area contributed by atoms with Crippen molar-refractivity contribution in [1.82, 2.24) is 24.3 Å². The second-order valence-corrected chi connectivity index (χ2v) is 9.77. The number of nitrogens with two attached hydrogens (primary N) is 1. The van der Waals surface area contributed by atoms with Crippen molar-refractivity contribution in [2.45, 2.75) is 33.4 Å². The third kappa shape index (κ3) is 4.73. The molecular formula is C26H25FN8O2S. The summed E-state index contributed by atoms with van der Waals surface area (Å²) in [7, 11) is 0. The number of aryl methyl sites for hydroxylation is 1. The number of amides is 2. The van der Waals surface area contributed by atoms with Gasteiger partial charge in [0.25, 0.3) is 5.56 Å². The lowest BCUT2D eigenvalue weighted by Gasteiger charge is -2.14. The number of nitrogens with zero attached hydrogens (tertiary/aromatic N) is 5. The van der Waals surface area contributed by atoms with Gasteiger partial charge in [0, 0.05) is 35.8 Å². The van der Waals surface area contributed by atoms with Gasteiger partial charge in [0.15, 0.2) is 0 Å². The lowest BCUT2D eigenvalue weighted by molar-refractivity contribution is 0.261. The number of aromatic nitrogens is 5. The number of carbonyl (C=O) groups is 1. The third-order valence-electron chi connectivity index (χ3n) is 5.93. The van der Waals surface area contributed by atoms with E-state index in [1.165, 1.54) is 29.0 Å². The Kier molecular flexibility index (Phi) is 6.64. The van der Waals surface area contributed by atoms with E-state index in [2.05, 4.69) is 25.7 Å². The largest absolute Gasteiger partial charge is 0.368 e. The molecule has 10 nitrogen and oxygen atoms in total. The predicted molar refractivity (Wildman–Crippen MR) is 148 cm³/mol. The molecule has 0 aliphatic carbocycles. The summed E-state index contributed by atoms with van der Waals surface area (Å²) >= 11 is 1.54.